The molecule has 1 saturated heterocycles. The van der Waals surface area contributed by atoms with Crippen molar-refractivity contribution >= 4 is 5.84 Å². The van der Waals surface area contributed by atoms with Gasteiger partial charge in [0.05, 0.1) is 0 Å². The summed E-state index contributed by atoms with van der Waals surface area (Å²) in [6.45, 7) is 5.48. The van der Waals surface area contributed by atoms with E-state index in [-0.39, 0.29) is 0 Å². The van der Waals surface area contributed by atoms with Gasteiger partial charge in [-0.25, -0.2) is 0 Å². The lowest BCUT2D eigenvalue weighted by Crippen LogP contribution is -2.38. The summed E-state index contributed by atoms with van der Waals surface area (Å²) >= 11 is 0. The van der Waals surface area contributed by atoms with Crippen LogP contribution in [-0.4, -0.2) is 37.4 Å². The summed E-state index contributed by atoms with van der Waals surface area (Å²) in [7, 11) is 1.74. The van der Waals surface area contributed by atoms with Crippen LogP contribution in [0.25, 0.3) is 0 Å². The van der Waals surface area contributed by atoms with Crippen molar-refractivity contribution in [2.24, 2.45) is 27.1 Å². The Hall–Kier alpha value is -0.970. The average Bonchev–Trinajstić information content (AvgIpc) is 2.26. The average molecular weight is 197 g/mol. The van der Waals surface area contributed by atoms with Gasteiger partial charge in [0.15, 0.2) is 5.84 Å². The van der Waals surface area contributed by atoms with E-state index in [1.54, 1.807) is 7.05 Å². The summed E-state index contributed by atoms with van der Waals surface area (Å²) in [5.74, 6) is 6.23. The fourth-order valence-corrected chi connectivity index (χ4v) is 1.92. The fraction of sp³-hybridized carbons (Fsp3) is 0.889. The molecule has 0 saturated carbocycles. The molecular weight excluding hydrogens is 178 g/mol. The normalized spacial score (nSPS) is 25.9. The second kappa shape index (κ2) is 5.70. The third-order valence-electron chi connectivity index (χ3n) is 2.71. The van der Waals surface area contributed by atoms with Crippen LogP contribution in [-0.2, 0) is 0 Å². The minimum Gasteiger partial charge on any atom is -0.305 e. The standard InChI is InChI=1S/C9H19N5/c1-3-14-6-4-5-8(7-14)9(11-2)12-13-10/h8H,3-7H2,1-2H3,(H2,10,11,12)/t8-/m1/s1. The second-order valence-corrected chi connectivity index (χ2v) is 3.53. The van der Waals surface area contributed by atoms with Crippen LogP contribution in [0, 0.1) is 5.92 Å². The maximum Gasteiger partial charge on any atom is 0.152 e. The van der Waals surface area contributed by atoms with Crippen molar-refractivity contribution in [3.05, 3.63) is 0 Å². The van der Waals surface area contributed by atoms with Crippen molar-refractivity contribution in [3.63, 3.8) is 0 Å². The van der Waals surface area contributed by atoms with Crippen molar-refractivity contribution in [2.45, 2.75) is 19.8 Å². The van der Waals surface area contributed by atoms with E-state index in [1.807, 2.05) is 0 Å². The van der Waals surface area contributed by atoms with E-state index in [4.69, 9.17) is 5.84 Å². The van der Waals surface area contributed by atoms with Crippen molar-refractivity contribution in [1.82, 2.24) is 4.90 Å². The Morgan fingerprint density at radius 3 is 2.93 bits per heavy atom. The molecule has 0 radical (unpaired) electrons. The predicted octanol–water partition coefficient (Wildman–Crippen LogP) is 1.07. The predicted molar refractivity (Wildman–Crippen MR) is 57.2 cm³/mol. The maximum absolute atomic E-state index is 5.04. The minimum atomic E-state index is 0.404. The second-order valence-electron chi connectivity index (χ2n) is 3.53. The summed E-state index contributed by atoms with van der Waals surface area (Å²) in [5, 5.41) is 7.17. The first-order chi connectivity index (χ1) is 6.81. The number of aliphatic imine (C=N–C) groups is 1. The number of amidine groups is 1. The van der Waals surface area contributed by atoms with Gasteiger partial charge in [0.25, 0.3) is 0 Å². The van der Waals surface area contributed by atoms with Crippen molar-refractivity contribution in [3.8, 4) is 0 Å². The molecule has 0 amide bonds. The quantitative estimate of drug-likeness (QED) is 0.236. The molecule has 1 atom stereocenters. The fourth-order valence-electron chi connectivity index (χ4n) is 1.92. The molecule has 1 rings (SSSR count). The van der Waals surface area contributed by atoms with E-state index in [2.05, 4.69) is 27.2 Å². The minimum absolute atomic E-state index is 0.404. The van der Waals surface area contributed by atoms with E-state index in [0.717, 1.165) is 25.3 Å². The summed E-state index contributed by atoms with van der Waals surface area (Å²) < 4.78 is 0. The Labute approximate surface area is 85.1 Å². The molecule has 1 fully saturated rings. The van der Waals surface area contributed by atoms with Gasteiger partial charge in [-0.05, 0) is 25.9 Å². The van der Waals surface area contributed by atoms with Crippen molar-refractivity contribution in [2.75, 3.05) is 26.7 Å². The summed E-state index contributed by atoms with van der Waals surface area (Å²) in [6.07, 6.45) is 2.35. The lowest BCUT2D eigenvalue weighted by molar-refractivity contribution is 0.213. The number of rotatable bonds is 2. The van der Waals surface area contributed by atoms with E-state index in [9.17, 15) is 0 Å². The van der Waals surface area contributed by atoms with Gasteiger partial charge in [0, 0.05) is 19.5 Å². The van der Waals surface area contributed by atoms with Crippen LogP contribution >= 0.6 is 0 Å². The molecule has 0 spiro atoms. The molecule has 1 aliphatic rings. The first kappa shape index (κ1) is 11.1. The highest BCUT2D eigenvalue weighted by Crippen LogP contribution is 2.18. The summed E-state index contributed by atoms with van der Waals surface area (Å²) in [4.78, 5) is 6.53. The Morgan fingerprint density at radius 1 is 1.57 bits per heavy atom. The molecule has 14 heavy (non-hydrogen) atoms. The van der Waals surface area contributed by atoms with Gasteiger partial charge in [0.2, 0.25) is 0 Å². The lowest BCUT2D eigenvalue weighted by atomic mass is 9.97. The van der Waals surface area contributed by atoms with Gasteiger partial charge >= 0.3 is 0 Å². The van der Waals surface area contributed by atoms with Gasteiger partial charge in [0.1, 0.15) is 0 Å². The Bertz CT molecular complexity index is 223. The summed E-state index contributed by atoms with van der Waals surface area (Å²) in [5.41, 5.74) is 0. The SMILES string of the molecule is CCN1CCC[C@@H](C(/N=N\N)=N/C)C1. The largest absolute Gasteiger partial charge is 0.305 e. The highest BCUT2D eigenvalue weighted by molar-refractivity contribution is 5.85. The smallest absolute Gasteiger partial charge is 0.152 e. The van der Waals surface area contributed by atoms with Gasteiger partial charge in [-0.1, -0.05) is 12.1 Å². The molecule has 0 bridgehead atoms. The first-order valence-corrected chi connectivity index (χ1v) is 5.11. The lowest BCUT2D eigenvalue weighted by Gasteiger charge is -2.30. The molecule has 5 nitrogen and oxygen atoms in total. The van der Waals surface area contributed by atoms with Crippen molar-refractivity contribution in [1.29, 1.82) is 0 Å². The zero-order chi connectivity index (χ0) is 10.4. The van der Waals surface area contributed by atoms with Gasteiger partial charge in [-0.3, -0.25) is 4.99 Å². The van der Waals surface area contributed by atoms with Gasteiger partial charge in [-0.2, -0.15) is 0 Å². The topological polar surface area (TPSA) is 66.3 Å². The third kappa shape index (κ3) is 2.77. The molecule has 0 aromatic carbocycles. The Kier molecular flexibility index (Phi) is 4.52. The Balaban J connectivity index is 2.58. The number of nitrogens with zero attached hydrogens (tertiary/aromatic N) is 4. The molecule has 2 N–H and O–H groups in total. The number of hydrogen-bond acceptors (Lipinski definition) is 3. The zero-order valence-corrected chi connectivity index (χ0v) is 8.98. The van der Waals surface area contributed by atoms with Crippen LogP contribution in [0.3, 0.4) is 0 Å². The highest BCUT2D eigenvalue weighted by atomic mass is 15.3. The zero-order valence-electron chi connectivity index (χ0n) is 8.98. The maximum atomic E-state index is 5.04. The number of nitrogens with two attached hydrogens (primary N) is 1. The first-order valence-electron chi connectivity index (χ1n) is 5.11. The number of likely N-dealkylation sites (tertiary alicyclic amines) is 1. The molecule has 0 aromatic heterocycles. The molecule has 0 aromatic rings. The number of hydrogen-bond donors (Lipinski definition) is 1. The van der Waals surface area contributed by atoms with E-state index < -0.39 is 0 Å². The molecule has 1 aliphatic heterocycles. The molecular formula is C9H19N5. The van der Waals surface area contributed by atoms with Crippen LogP contribution in [0.2, 0.25) is 0 Å². The van der Waals surface area contributed by atoms with Crippen LogP contribution in [0.4, 0.5) is 0 Å². The van der Waals surface area contributed by atoms with E-state index in [1.165, 1.54) is 13.0 Å². The number of piperidine rings is 1. The summed E-state index contributed by atoms with van der Waals surface area (Å²) in [6, 6.07) is 0. The molecule has 1 heterocycles. The van der Waals surface area contributed by atoms with Crippen molar-refractivity contribution < 1.29 is 0 Å². The molecule has 0 aliphatic carbocycles. The highest BCUT2D eigenvalue weighted by Gasteiger charge is 2.22. The van der Waals surface area contributed by atoms with Crippen LogP contribution in [0.15, 0.2) is 15.3 Å². The molecule has 0 unspecified atom stereocenters. The van der Waals surface area contributed by atoms with E-state index in [0.29, 0.717) is 5.92 Å². The van der Waals surface area contributed by atoms with Gasteiger partial charge in [-0.15, -0.1) is 5.11 Å². The molecule has 5 heteroatoms. The van der Waals surface area contributed by atoms with Crippen LogP contribution in [0.1, 0.15) is 19.8 Å². The van der Waals surface area contributed by atoms with Crippen LogP contribution in [0.5, 0.6) is 0 Å². The Morgan fingerprint density at radius 2 is 2.36 bits per heavy atom. The molecule has 80 valence electrons. The van der Waals surface area contributed by atoms with Gasteiger partial charge < -0.3 is 10.7 Å². The monoisotopic (exact) mass is 197 g/mol. The van der Waals surface area contributed by atoms with Crippen LogP contribution < -0.4 is 5.84 Å². The van der Waals surface area contributed by atoms with E-state index >= 15 is 0 Å². The third-order valence-corrected chi connectivity index (χ3v) is 2.71.